The molecule has 0 bridgehead atoms. The van der Waals surface area contributed by atoms with Gasteiger partial charge in [0.05, 0.1) is 31.4 Å². The summed E-state index contributed by atoms with van der Waals surface area (Å²) in [6.07, 6.45) is 2.38. The number of carbonyl (C=O) groups is 2. The summed E-state index contributed by atoms with van der Waals surface area (Å²) in [5.41, 5.74) is 2.67. The molecule has 8 heteroatoms. The van der Waals surface area contributed by atoms with Crippen molar-refractivity contribution < 1.29 is 29.3 Å². The van der Waals surface area contributed by atoms with E-state index < -0.39 is 17.7 Å². The van der Waals surface area contributed by atoms with E-state index >= 15 is 0 Å². The Labute approximate surface area is 213 Å². The van der Waals surface area contributed by atoms with Crippen LogP contribution in [-0.4, -0.2) is 52.6 Å². The molecule has 0 radical (unpaired) electrons. The average molecular weight is 499 g/mol. The average Bonchev–Trinajstić information content (AvgIpc) is 3.44. The van der Waals surface area contributed by atoms with E-state index in [0.29, 0.717) is 17.7 Å². The van der Waals surface area contributed by atoms with E-state index in [4.69, 9.17) is 9.47 Å². The topological polar surface area (TPSA) is 112 Å². The maximum absolute atomic E-state index is 13.4. The number of para-hydroxylation sites is 1. The number of amides is 1. The van der Waals surface area contributed by atoms with Crippen LogP contribution in [0.1, 0.15) is 22.7 Å². The Morgan fingerprint density at radius 3 is 2.57 bits per heavy atom. The van der Waals surface area contributed by atoms with Gasteiger partial charge in [-0.3, -0.25) is 9.59 Å². The molecule has 1 aliphatic heterocycles. The first-order chi connectivity index (χ1) is 17.9. The second-order valence-corrected chi connectivity index (χ2v) is 8.76. The van der Waals surface area contributed by atoms with E-state index in [1.54, 1.807) is 30.3 Å². The molecular weight excluding hydrogens is 472 g/mol. The number of aromatic nitrogens is 1. The molecule has 1 aliphatic rings. The van der Waals surface area contributed by atoms with Gasteiger partial charge in [0.1, 0.15) is 23.0 Å². The van der Waals surface area contributed by atoms with Gasteiger partial charge in [-0.2, -0.15) is 0 Å². The van der Waals surface area contributed by atoms with Crippen LogP contribution in [0.25, 0.3) is 16.7 Å². The number of likely N-dealkylation sites (tertiary alicyclic amines) is 1. The van der Waals surface area contributed by atoms with Crippen molar-refractivity contribution in [1.29, 1.82) is 0 Å². The van der Waals surface area contributed by atoms with Crippen LogP contribution in [-0.2, 0) is 16.0 Å². The Balaban J connectivity index is 1.60. The van der Waals surface area contributed by atoms with Gasteiger partial charge in [0.25, 0.3) is 11.7 Å². The number of fused-ring (bicyclic) bond motifs is 1. The number of aromatic hydroxyl groups is 1. The van der Waals surface area contributed by atoms with E-state index in [9.17, 15) is 19.8 Å². The number of rotatable bonds is 7. The lowest BCUT2D eigenvalue weighted by Crippen LogP contribution is -2.31. The molecule has 2 heterocycles. The highest BCUT2D eigenvalue weighted by Crippen LogP contribution is 2.42. The number of nitrogens with zero attached hydrogens (tertiary/aromatic N) is 1. The van der Waals surface area contributed by atoms with E-state index in [2.05, 4.69) is 4.98 Å². The van der Waals surface area contributed by atoms with Gasteiger partial charge in [-0.05, 0) is 47.9 Å². The summed E-state index contributed by atoms with van der Waals surface area (Å²) in [4.78, 5) is 31.3. The third-order valence-electron chi connectivity index (χ3n) is 6.69. The summed E-state index contributed by atoms with van der Waals surface area (Å²) >= 11 is 0. The number of aliphatic hydroxyl groups excluding tert-OH is 1. The van der Waals surface area contributed by atoms with Crippen LogP contribution >= 0.6 is 0 Å². The number of nitrogens with one attached hydrogen (secondary N) is 1. The molecule has 5 rings (SSSR count). The second-order valence-electron chi connectivity index (χ2n) is 8.76. The number of hydrogen-bond donors (Lipinski definition) is 3. The minimum atomic E-state index is -0.899. The van der Waals surface area contributed by atoms with Crippen LogP contribution in [0, 0.1) is 0 Å². The lowest BCUT2D eigenvalue weighted by atomic mass is 9.94. The number of methoxy groups -OCH3 is 2. The van der Waals surface area contributed by atoms with E-state index in [1.807, 2.05) is 30.5 Å². The molecule has 37 heavy (non-hydrogen) atoms. The quantitative estimate of drug-likeness (QED) is 0.196. The summed E-state index contributed by atoms with van der Waals surface area (Å²) in [6.45, 7) is 0.225. The molecule has 1 aromatic heterocycles. The van der Waals surface area contributed by atoms with Crippen LogP contribution in [0.3, 0.4) is 0 Å². The highest BCUT2D eigenvalue weighted by molar-refractivity contribution is 6.46. The molecule has 3 aromatic carbocycles. The fraction of sp³-hybridized carbons (Fsp3) is 0.172. The van der Waals surface area contributed by atoms with Gasteiger partial charge in [-0.25, -0.2) is 0 Å². The minimum Gasteiger partial charge on any atom is -0.508 e. The molecule has 1 amide bonds. The fourth-order valence-corrected chi connectivity index (χ4v) is 4.87. The first kappa shape index (κ1) is 24.0. The standard InChI is InChI=1S/C29H26N2O6/c1-36-20-10-11-22(24(15-20)37-2)27(33)25-26(17-6-5-7-19(32)14-17)31(29(35)28(25)34)13-12-18-16-30-23-9-4-3-8-21(18)23/h3-11,14-16,26,30,32-33H,12-13H2,1-2H3/b27-25+. The third-order valence-corrected chi connectivity index (χ3v) is 6.69. The van der Waals surface area contributed by atoms with Crippen LogP contribution in [0.5, 0.6) is 17.2 Å². The molecule has 1 unspecified atom stereocenters. The maximum atomic E-state index is 13.4. The molecule has 0 aliphatic carbocycles. The van der Waals surface area contributed by atoms with Crippen LogP contribution in [0.4, 0.5) is 0 Å². The number of aromatic amines is 1. The highest BCUT2D eigenvalue weighted by atomic mass is 16.5. The van der Waals surface area contributed by atoms with Crippen molar-refractivity contribution in [2.75, 3.05) is 20.8 Å². The van der Waals surface area contributed by atoms with Crippen LogP contribution in [0.15, 0.2) is 78.5 Å². The number of benzene rings is 3. The zero-order chi connectivity index (χ0) is 26.1. The number of ketones is 1. The maximum Gasteiger partial charge on any atom is 0.295 e. The monoisotopic (exact) mass is 498 g/mol. The number of aliphatic hydroxyl groups is 1. The molecule has 3 N–H and O–H groups in total. The van der Waals surface area contributed by atoms with Gasteiger partial charge >= 0.3 is 0 Å². The van der Waals surface area contributed by atoms with Crippen molar-refractivity contribution in [1.82, 2.24) is 9.88 Å². The fourth-order valence-electron chi connectivity index (χ4n) is 4.87. The zero-order valence-electron chi connectivity index (χ0n) is 20.4. The SMILES string of the molecule is COc1ccc(/C(O)=C2\C(=O)C(=O)N(CCc3c[nH]c4ccccc34)C2c2cccc(O)c2)c(OC)c1. The van der Waals surface area contributed by atoms with E-state index in [1.165, 1.54) is 31.3 Å². The number of Topliss-reactive ketones (excluding diaryl/α,β-unsaturated/α-hetero) is 1. The van der Waals surface area contributed by atoms with Crippen molar-refractivity contribution in [3.63, 3.8) is 0 Å². The smallest absolute Gasteiger partial charge is 0.295 e. The second kappa shape index (κ2) is 9.73. The van der Waals surface area contributed by atoms with Gasteiger partial charge in [-0.15, -0.1) is 0 Å². The Kier molecular flexibility index (Phi) is 6.31. The first-order valence-corrected chi connectivity index (χ1v) is 11.8. The summed E-state index contributed by atoms with van der Waals surface area (Å²) in [5, 5.41) is 22.6. The van der Waals surface area contributed by atoms with Gasteiger partial charge in [-0.1, -0.05) is 30.3 Å². The van der Waals surface area contributed by atoms with Crippen molar-refractivity contribution >= 4 is 28.4 Å². The van der Waals surface area contributed by atoms with Gasteiger partial charge in [0.15, 0.2) is 0 Å². The normalized spacial score (nSPS) is 16.9. The van der Waals surface area contributed by atoms with Gasteiger partial charge in [0, 0.05) is 29.7 Å². The Bertz CT molecular complexity index is 1540. The van der Waals surface area contributed by atoms with Gasteiger partial charge in [0.2, 0.25) is 0 Å². The Morgan fingerprint density at radius 1 is 1.00 bits per heavy atom. The summed E-state index contributed by atoms with van der Waals surface area (Å²) in [6, 6.07) is 18.1. The van der Waals surface area contributed by atoms with Crippen LogP contribution < -0.4 is 9.47 Å². The molecule has 0 spiro atoms. The molecule has 0 saturated carbocycles. The minimum absolute atomic E-state index is 0.0123. The first-order valence-electron chi connectivity index (χ1n) is 11.8. The summed E-state index contributed by atoms with van der Waals surface area (Å²) < 4.78 is 10.7. The molecule has 1 saturated heterocycles. The van der Waals surface area contributed by atoms with E-state index in [0.717, 1.165) is 16.5 Å². The molecule has 8 nitrogen and oxygen atoms in total. The van der Waals surface area contributed by atoms with Crippen molar-refractivity contribution in [2.24, 2.45) is 0 Å². The number of carbonyl (C=O) groups excluding carboxylic acids is 2. The predicted octanol–water partition coefficient (Wildman–Crippen LogP) is 4.56. The number of ether oxygens (including phenoxy) is 2. The molecule has 1 fully saturated rings. The summed E-state index contributed by atoms with van der Waals surface area (Å²) in [7, 11) is 2.95. The largest absolute Gasteiger partial charge is 0.508 e. The highest BCUT2D eigenvalue weighted by Gasteiger charge is 2.46. The summed E-state index contributed by atoms with van der Waals surface area (Å²) in [5.74, 6) is -1.10. The lowest BCUT2D eigenvalue weighted by Gasteiger charge is -2.25. The lowest BCUT2D eigenvalue weighted by molar-refractivity contribution is -0.139. The van der Waals surface area contributed by atoms with Crippen molar-refractivity contribution in [2.45, 2.75) is 12.5 Å². The molecule has 4 aromatic rings. The number of phenolic OH excluding ortho intramolecular Hbond substituents is 1. The number of H-pyrrole nitrogens is 1. The van der Waals surface area contributed by atoms with Crippen molar-refractivity contribution in [3.8, 4) is 17.2 Å². The molecule has 188 valence electrons. The van der Waals surface area contributed by atoms with Gasteiger partial charge < -0.3 is 29.6 Å². The Morgan fingerprint density at radius 2 is 1.81 bits per heavy atom. The molecule has 1 atom stereocenters. The molecular formula is C29H26N2O6. The predicted molar refractivity (Wildman–Crippen MR) is 139 cm³/mol. The third kappa shape index (κ3) is 4.27. The Hall–Kier alpha value is -4.72. The number of hydrogen-bond acceptors (Lipinski definition) is 6. The van der Waals surface area contributed by atoms with Crippen molar-refractivity contribution in [3.05, 3.63) is 95.2 Å². The van der Waals surface area contributed by atoms with E-state index in [-0.39, 0.29) is 34.9 Å². The zero-order valence-corrected chi connectivity index (χ0v) is 20.4. The van der Waals surface area contributed by atoms with Crippen LogP contribution in [0.2, 0.25) is 0 Å². The number of phenols is 1.